The first-order chi connectivity index (χ1) is 9.79. The van der Waals surface area contributed by atoms with E-state index in [2.05, 4.69) is 38.6 Å². The van der Waals surface area contributed by atoms with Crippen molar-refractivity contribution < 1.29 is 0 Å². The van der Waals surface area contributed by atoms with Gasteiger partial charge in [-0.2, -0.15) is 0 Å². The summed E-state index contributed by atoms with van der Waals surface area (Å²) in [5.74, 6) is 1.29. The third kappa shape index (κ3) is 3.98. The highest BCUT2D eigenvalue weighted by atomic mass is 15.1. The van der Waals surface area contributed by atoms with Gasteiger partial charge in [-0.1, -0.05) is 36.4 Å². The Labute approximate surface area is 118 Å². The predicted octanol–water partition coefficient (Wildman–Crippen LogP) is 1.52. The molecule has 3 N–H and O–H groups in total. The van der Waals surface area contributed by atoms with E-state index in [4.69, 9.17) is 5.73 Å². The molecule has 0 saturated heterocycles. The Bertz CT molecular complexity index is 571. The van der Waals surface area contributed by atoms with Crippen LogP contribution in [0.5, 0.6) is 0 Å². The van der Waals surface area contributed by atoms with Gasteiger partial charge in [0, 0.05) is 25.5 Å². The van der Waals surface area contributed by atoms with E-state index in [0.717, 1.165) is 12.4 Å². The lowest BCUT2D eigenvalue weighted by molar-refractivity contribution is 0.722. The van der Waals surface area contributed by atoms with Gasteiger partial charge in [0.15, 0.2) is 5.96 Å². The van der Waals surface area contributed by atoms with Crippen LogP contribution in [0.15, 0.2) is 60.4 Å². The quantitative estimate of drug-likeness (QED) is 0.474. The molecule has 0 radical (unpaired) electrons. The Balaban J connectivity index is 2.00. The lowest BCUT2D eigenvalue weighted by Crippen LogP contribution is -2.31. The highest BCUT2D eigenvalue weighted by Gasteiger charge is 2.03. The fourth-order valence-electron chi connectivity index (χ4n) is 1.80. The zero-order valence-electron chi connectivity index (χ0n) is 11.4. The third-order valence-electron chi connectivity index (χ3n) is 2.82. The molecule has 0 amide bonds. The average Bonchev–Trinajstić information content (AvgIpc) is 2.91. The molecule has 0 spiro atoms. The van der Waals surface area contributed by atoms with Crippen molar-refractivity contribution in [2.24, 2.45) is 10.7 Å². The standard InChI is InChI=1S/C15H19N5/c1-2-8-18-15(16)19-11-14-17-9-10-20(14)12-13-6-4-3-5-7-13/h2-7,9-10H,1,8,11-12H2,(H3,16,18,19). The van der Waals surface area contributed by atoms with Gasteiger partial charge in [-0.3, -0.25) is 0 Å². The van der Waals surface area contributed by atoms with Crippen molar-refractivity contribution in [1.29, 1.82) is 0 Å². The topological polar surface area (TPSA) is 68.2 Å². The van der Waals surface area contributed by atoms with E-state index < -0.39 is 0 Å². The maximum absolute atomic E-state index is 5.73. The highest BCUT2D eigenvalue weighted by molar-refractivity contribution is 5.77. The molecule has 0 aliphatic heterocycles. The molecule has 0 atom stereocenters. The Kier molecular flexibility index (Phi) is 4.94. The third-order valence-corrected chi connectivity index (χ3v) is 2.82. The van der Waals surface area contributed by atoms with Gasteiger partial charge in [-0.05, 0) is 5.56 Å². The fraction of sp³-hybridized carbons (Fsp3) is 0.200. The molecule has 104 valence electrons. The van der Waals surface area contributed by atoms with Crippen LogP contribution >= 0.6 is 0 Å². The summed E-state index contributed by atoms with van der Waals surface area (Å²) in [5.41, 5.74) is 6.96. The smallest absolute Gasteiger partial charge is 0.189 e. The van der Waals surface area contributed by atoms with Crippen molar-refractivity contribution in [1.82, 2.24) is 14.9 Å². The van der Waals surface area contributed by atoms with Crippen LogP contribution in [0.2, 0.25) is 0 Å². The summed E-state index contributed by atoms with van der Waals surface area (Å²) in [4.78, 5) is 8.58. The van der Waals surface area contributed by atoms with Crippen LogP contribution in [-0.2, 0) is 13.1 Å². The minimum atomic E-state index is 0.402. The number of benzene rings is 1. The van der Waals surface area contributed by atoms with Gasteiger partial charge in [0.25, 0.3) is 0 Å². The average molecular weight is 269 g/mol. The molecule has 2 aromatic rings. The molecule has 5 nitrogen and oxygen atoms in total. The summed E-state index contributed by atoms with van der Waals surface area (Å²) in [5, 5.41) is 2.94. The van der Waals surface area contributed by atoms with Gasteiger partial charge in [-0.15, -0.1) is 6.58 Å². The summed E-state index contributed by atoms with van der Waals surface area (Å²) < 4.78 is 2.07. The molecule has 2 rings (SSSR count). The zero-order valence-corrected chi connectivity index (χ0v) is 11.4. The van der Waals surface area contributed by atoms with Crippen molar-refractivity contribution in [3.05, 3.63) is 66.8 Å². The minimum absolute atomic E-state index is 0.402. The lowest BCUT2D eigenvalue weighted by atomic mass is 10.2. The Hall–Kier alpha value is -2.56. The maximum Gasteiger partial charge on any atom is 0.189 e. The zero-order chi connectivity index (χ0) is 14.2. The number of aromatic nitrogens is 2. The summed E-state index contributed by atoms with van der Waals surface area (Å²) in [7, 11) is 0. The normalized spacial score (nSPS) is 11.3. The molecule has 0 saturated carbocycles. The molecule has 0 aliphatic carbocycles. The first-order valence-corrected chi connectivity index (χ1v) is 6.48. The SMILES string of the molecule is C=CCNC(N)=NCc1nccn1Cc1ccccc1. The number of guanidine groups is 1. The van der Waals surface area contributed by atoms with E-state index in [9.17, 15) is 0 Å². The summed E-state index contributed by atoms with van der Waals surface area (Å²) >= 11 is 0. The second-order valence-electron chi connectivity index (χ2n) is 4.33. The van der Waals surface area contributed by atoms with E-state index in [1.807, 2.05) is 24.4 Å². The van der Waals surface area contributed by atoms with Crippen molar-refractivity contribution in [2.45, 2.75) is 13.1 Å². The monoisotopic (exact) mass is 269 g/mol. The Morgan fingerprint density at radius 1 is 1.40 bits per heavy atom. The van der Waals surface area contributed by atoms with Crippen LogP contribution in [0, 0.1) is 0 Å². The van der Waals surface area contributed by atoms with E-state index in [1.165, 1.54) is 5.56 Å². The summed E-state index contributed by atoms with van der Waals surface area (Å²) in [6.45, 7) is 5.46. The van der Waals surface area contributed by atoms with Gasteiger partial charge in [0.1, 0.15) is 12.4 Å². The Morgan fingerprint density at radius 2 is 2.20 bits per heavy atom. The van der Waals surface area contributed by atoms with Gasteiger partial charge >= 0.3 is 0 Å². The number of nitrogens with two attached hydrogens (primary N) is 1. The van der Waals surface area contributed by atoms with Crippen molar-refractivity contribution in [3.8, 4) is 0 Å². The number of rotatable bonds is 6. The number of hydrogen-bond acceptors (Lipinski definition) is 2. The van der Waals surface area contributed by atoms with Crippen LogP contribution in [-0.4, -0.2) is 22.1 Å². The second kappa shape index (κ2) is 7.13. The number of imidazole rings is 1. The molecule has 0 unspecified atom stereocenters. The first-order valence-electron chi connectivity index (χ1n) is 6.48. The molecule has 1 heterocycles. The lowest BCUT2D eigenvalue weighted by Gasteiger charge is -2.07. The predicted molar refractivity (Wildman–Crippen MR) is 81.3 cm³/mol. The largest absolute Gasteiger partial charge is 0.370 e. The highest BCUT2D eigenvalue weighted by Crippen LogP contribution is 2.06. The maximum atomic E-state index is 5.73. The van der Waals surface area contributed by atoms with Crippen LogP contribution in [0.25, 0.3) is 0 Å². The van der Waals surface area contributed by atoms with Crippen LogP contribution in [0.3, 0.4) is 0 Å². The van der Waals surface area contributed by atoms with Crippen molar-refractivity contribution in [3.63, 3.8) is 0 Å². The van der Waals surface area contributed by atoms with Gasteiger partial charge in [0.2, 0.25) is 0 Å². The number of aliphatic imine (C=N–C) groups is 1. The first kappa shape index (κ1) is 13.9. The molecule has 1 aromatic heterocycles. The molecule has 0 bridgehead atoms. The molecule has 0 aliphatic rings. The van der Waals surface area contributed by atoms with Crippen molar-refractivity contribution >= 4 is 5.96 Å². The molecular formula is C15H19N5. The number of hydrogen-bond donors (Lipinski definition) is 2. The summed E-state index contributed by atoms with van der Waals surface area (Å²) in [6, 6.07) is 10.2. The molecule has 20 heavy (non-hydrogen) atoms. The van der Waals surface area contributed by atoms with Crippen molar-refractivity contribution in [2.75, 3.05) is 6.54 Å². The summed E-state index contributed by atoms with van der Waals surface area (Å²) in [6.07, 6.45) is 5.46. The van der Waals surface area contributed by atoms with Gasteiger partial charge in [0.05, 0.1) is 0 Å². The second-order valence-corrected chi connectivity index (χ2v) is 4.33. The van der Waals surface area contributed by atoms with E-state index in [1.54, 1.807) is 12.3 Å². The van der Waals surface area contributed by atoms with Gasteiger partial charge in [-0.25, -0.2) is 9.98 Å². The van der Waals surface area contributed by atoms with Crippen LogP contribution < -0.4 is 11.1 Å². The van der Waals surface area contributed by atoms with Gasteiger partial charge < -0.3 is 15.6 Å². The van der Waals surface area contributed by atoms with E-state index in [-0.39, 0.29) is 0 Å². The Morgan fingerprint density at radius 3 is 2.95 bits per heavy atom. The molecule has 1 aromatic carbocycles. The van der Waals surface area contributed by atoms with E-state index >= 15 is 0 Å². The molecule has 5 heteroatoms. The van der Waals surface area contributed by atoms with E-state index in [0.29, 0.717) is 19.0 Å². The minimum Gasteiger partial charge on any atom is -0.370 e. The van der Waals surface area contributed by atoms with Crippen LogP contribution in [0.4, 0.5) is 0 Å². The fourth-order valence-corrected chi connectivity index (χ4v) is 1.80. The molecular weight excluding hydrogens is 250 g/mol. The number of nitrogens with one attached hydrogen (secondary N) is 1. The number of nitrogens with zero attached hydrogens (tertiary/aromatic N) is 3. The molecule has 0 fully saturated rings. The van der Waals surface area contributed by atoms with Crippen LogP contribution in [0.1, 0.15) is 11.4 Å².